The summed E-state index contributed by atoms with van der Waals surface area (Å²) in [4.78, 5) is 0. The molecule has 2 aliphatic carbocycles. The van der Waals surface area contributed by atoms with Crippen LogP contribution in [0.4, 0.5) is 0 Å². The number of ether oxygens (including phenoxy) is 1. The van der Waals surface area contributed by atoms with Crippen LogP contribution in [-0.4, -0.2) is 6.61 Å². The van der Waals surface area contributed by atoms with Gasteiger partial charge in [-0.2, -0.15) is 0 Å². The molecule has 3 aromatic carbocycles. The topological polar surface area (TPSA) is 9.23 Å². The van der Waals surface area contributed by atoms with Crippen LogP contribution < -0.4 is 4.74 Å². The molecule has 2 aliphatic rings. The van der Waals surface area contributed by atoms with Gasteiger partial charge in [0.1, 0.15) is 5.75 Å². The van der Waals surface area contributed by atoms with Crippen molar-refractivity contribution in [2.24, 2.45) is 5.92 Å². The zero-order valence-corrected chi connectivity index (χ0v) is 18.7. The lowest BCUT2D eigenvalue weighted by Crippen LogP contribution is -2.20. The molecular weight excluding hydrogens is 376 g/mol. The fourth-order valence-corrected chi connectivity index (χ4v) is 5.83. The first-order chi connectivity index (χ1) is 15.3. The molecule has 2 atom stereocenters. The molecule has 1 heteroatoms. The molecule has 0 aliphatic heterocycles. The molecule has 0 heterocycles. The summed E-state index contributed by atoms with van der Waals surface area (Å²) in [6.45, 7) is 3.05. The van der Waals surface area contributed by atoms with Gasteiger partial charge < -0.3 is 4.74 Å². The molecule has 5 rings (SSSR count). The molecule has 1 fully saturated rings. The first kappa shape index (κ1) is 20.4. The molecule has 160 valence electrons. The van der Waals surface area contributed by atoms with Gasteiger partial charge in [0, 0.05) is 5.92 Å². The monoisotopic (exact) mass is 410 g/mol. The predicted octanol–water partition coefficient (Wildman–Crippen LogP) is 7.82. The van der Waals surface area contributed by atoms with E-state index < -0.39 is 0 Å². The Bertz CT molecular complexity index is 983. The molecule has 0 saturated heterocycles. The van der Waals surface area contributed by atoms with E-state index in [0.29, 0.717) is 11.8 Å². The van der Waals surface area contributed by atoms with Gasteiger partial charge in [0.05, 0.1) is 6.61 Å². The molecule has 0 N–H and O–H groups in total. The van der Waals surface area contributed by atoms with Gasteiger partial charge in [0.2, 0.25) is 0 Å². The highest BCUT2D eigenvalue weighted by atomic mass is 16.5. The Morgan fingerprint density at radius 3 is 2.35 bits per heavy atom. The normalized spacial score (nSPS) is 21.1. The number of fused-ring (bicyclic) bond motifs is 1. The summed E-state index contributed by atoms with van der Waals surface area (Å²) in [5.41, 5.74) is 7.24. The van der Waals surface area contributed by atoms with Crippen molar-refractivity contribution < 1.29 is 4.74 Å². The summed E-state index contributed by atoms with van der Waals surface area (Å²) in [5, 5.41) is 0. The largest absolute Gasteiger partial charge is 0.494 e. The van der Waals surface area contributed by atoms with Crippen LogP contribution in [0.1, 0.15) is 78.2 Å². The third-order valence-electron chi connectivity index (χ3n) is 7.50. The SMILES string of the molecule is Cc1ccc2c(c1)CCC(c1ccccc1)C2c1ccc(OCCC2CCCC2)cc1. The molecular formula is C30H34O. The van der Waals surface area contributed by atoms with Crippen molar-refractivity contribution in [3.8, 4) is 5.75 Å². The zero-order chi connectivity index (χ0) is 21.0. The lowest BCUT2D eigenvalue weighted by atomic mass is 9.69. The van der Waals surface area contributed by atoms with Crippen molar-refractivity contribution in [1.82, 2.24) is 0 Å². The molecule has 1 saturated carbocycles. The number of rotatable bonds is 6. The Kier molecular flexibility index (Phi) is 6.11. The Morgan fingerprint density at radius 2 is 1.58 bits per heavy atom. The second-order valence-electron chi connectivity index (χ2n) is 9.59. The average molecular weight is 411 g/mol. The molecule has 0 spiro atoms. The Morgan fingerprint density at radius 1 is 0.806 bits per heavy atom. The maximum absolute atomic E-state index is 6.11. The number of hydrogen-bond donors (Lipinski definition) is 0. The molecule has 0 amide bonds. The molecule has 0 aromatic heterocycles. The van der Waals surface area contributed by atoms with Gasteiger partial charge in [-0.05, 0) is 72.4 Å². The summed E-state index contributed by atoms with van der Waals surface area (Å²) < 4.78 is 6.11. The van der Waals surface area contributed by atoms with E-state index in [1.165, 1.54) is 66.3 Å². The van der Waals surface area contributed by atoms with E-state index in [1.54, 1.807) is 0 Å². The second-order valence-corrected chi connectivity index (χ2v) is 9.59. The fourth-order valence-electron chi connectivity index (χ4n) is 5.83. The molecule has 0 bridgehead atoms. The number of aryl methyl sites for hydroxylation is 2. The van der Waals surface area contributed by atoms with E-state index in [1.807, 2.05) is 0 Å². The quantitative estimate of drug-likeness (QED) is 0.402. The van der Waals surface area contributed by atoms with Crippen LogP contribution in [0.5, 0.6) is 5.75 Å². The summed E-state index contributed by atoms with van der Waals surface area (Å²) in [6.07, 6.45) is 9.16. The van der Waals surface area contributed by atoms with E-state index in [9.17, 15) is 0 Å². The lowest BCUT2D eigenvalue weighted by Gasteiger charge is -2.35. The van der Waals surface area contributed by atoms with Crippen molar-refractivity contribution in [2.75, 3.05) is 6.61 Å². The third-order valence-corrected chi connectivity index (χ3v) is 7.50. The number of hydrogen-bond acceptors (Lipinski definition) is 1. The van der Waals surface area contributed by atoms with E-state index in [0.717, 1.165) is 24.7 Å². The minimum absolute atomic E-state index is 0.402. The molecule has 0 radical (unpaired) electrons. The smallest absolute Gasteiger partial charge is 0.119 e. The van der Waals surface area contributed by atoms with E-state index in [2.05, 4.69) is 79.7 Å². The van der Waals surface area contributed by atoms with Crippen molar-refractivity contribution in [2.45, 2.75) is 63.7 Å². The first-order valence-corrected chi connectivity index (χ1v) is 12.1. The second kappa shape index (κ2) is 9.30. The average Bonchev–Trinajstić information content (AvgIpc) is 3.33. The van der Waals surface area contributed by atoms with Gasteiger partial charge in [-0.25, -0.2) is 0 Å². The van der Waals surface area contributed by atoms with Crippen molar-refractivity contribution in [3.05, 3.63) is 101 Å². The van der Waals surface area contributed by atoms with Crippen LogP contribution in [0, 0.1) is 12.8 Å². The highest BCUT2D eigenvalue weighted by Crippen LogP contribution is 2.46. The highest BCUT2D eigenvalue weighted by Gasteiger charge is 2.31. The standard InChI is InChI=1S/C30H34O/c1-22-11-17-29-26(21-22)14-18-28(24-9-3-2-4-10-24)30(29)25-12-15-27(16-13-25)31-20-19-23-7-5-6-8-23/h2-4,9-13,15-17,21,23,28,30H,5-8,14,18-20H2,1H3. The minimum atomic E-state index is 0.402. The Labute approximate surface area is 187 Å². The zero-order valence-electron chi connectivity index (χ0n) is 18.7. The molecule has 31 heavy (non-hydrogen) atoms. The van der Waals surface area contributed by atoms with Crippen LogP contribution in [0.2, 0.25) is 0 Å². The van der Waals surface area contributed by atoms with Gasteiger partial charge in [-0.1, -0.05) is 91.9 Å². The summed E-state index contributed by atoms with van der Waals surface area (Å²) in [7, 11) is 0. The van der Waals surface area contributed by atoms with E-state index in [4.69, 9.17) is 4.74 Å². The van der Waals surface area contributed by atoms with Gasteiger partial charge >= 0.3 is 0 Å². The summed E-state index contributed by atoms with van der Waals surface area (Å²) in [6, 6.07) is 27.1. The van der Waals surface area contributed by atoms with Gasteiger partial charge in [0.25, 0.3) is 0 Å². The first-order valence-electron chi connectivity index (χ1n) is 12.1. The van der Waals surface area contributed by atoms with Crippen molar-refractivity contribution >= 4 is 0 Å². The fraction of sp³-hybridized carbons (Fsp3) is 0.400. The van der Waals surface area contributed by atoms with Crippen molar-refractivity contribution in [3.63, 3.8) is 0 Å². The van der Waals surface area contributed by atoms with Crippen LogP contribution in [0.3, 0.4) is 0 Å². The molecule has 2 unspecified atom stereocenters. The molecule has 1 nitrogen and oxygen atoms in total. The van der Waals surface area contributed by atoms with E-state index in [-0.39, 0.29) is 0 Å². The minimum Gasteiger partial charge on any atom is -0.494 e. The van der Waals surface area contributed by atoms with Gasteiger partial charge in [-0.3, -0.25) is 0 Å². The Hall–Kier alpha value is -2.54. The van der Waals surface area contributed by atoms with Gasteiger partial charge in [0.15, 0.2) is 0 Å². The van der Waals surface area contributed by atoms with Crippen LogP contribution in [0.15, 0.2) is 72.8 Å². The summed E-state index contributed by atoms with van der Waals surface area (Å²) >= 11 is 0. The van der Waals surface area contributed by atoms with Crippen molar-refractivity contribution in [1.29, 1.82) is 0 Å². The maximum atomic E-state index is 6.11. The van der Waals surface area contributed by atoms with Crippen LogP contribution >= 0.6 is 0 Å². The summed E-state index contributed by atoms with van der Waals surface area (Å²) in [5.74, 6) is 2.82. The molecule has 3 aromatic rings. The highest BCUT2D eigenvalue weighted by molar-refractivity contribution is 5.47. The van der Waals surface area contributed by atoms with Crippen LogP contribution in [0.25, 0.3) is 0 Å². The number of benzene rings is 3. The Balaban J connectivity index is 1.38. The lowest BCUT2D eigenvalue weighted by molar-refractivity contribution is 0.279. The van der Waals surface area contributed by atoms with Gasteiger partial charge in [-0.15, -0.1) is 0 Å². The van der Waals surface area contributed by atoms with Crippen LogP contribution in [-0.2, 0) is 6.42 Å². The predicted molar refractivity (Wildman–Crippen MR) is 129 cm³/mol. The maximum Gasteiger partial charge on any atom is 0.119 e. The van der Waals surface area contributed by atoms with E-state index >= 15 is 0 Å². The third kappa shape index (κ3) is 4.56.